The fraction of sp³-hybridized carbons (Fsp3) is 0.444. The van der Waals surface area contributed by atoms with Crippen LogP contribution in [0.25, 0.3) is 22.5 Å². The second-order valence-corrected chi connectivity index (χ2v) is 10.5. The number of nitrogens with zero attached hydrogens (tertiary/aromatic N) is 5. The molecule has 1 saturated heterocycles. The number of H-pyrrole nitrogens is 1. The number of carbonyl (C=O) groups is 1. The molecule has 0 saturated carbocycles. The van der Waals surface area contributed by atoms with Crippen LogP contribution in [-0.2, 0) is 10.2 Å². The maximum atomic E-state index is 13.2. The van der Waals surface area contributed by atoms with Crippen LogP contribution in [0.5, 0.6) is 5.75 Å². The minimum Gasteiger partial charge on any atom is -0.506 e. The fourth-order valence-corrected chi connectivity index (χ4v) is 4.77. The summed E-state index contributed by atoms with van der Waals surface area (Å²) in [5.74, 6) is 0.740. The number of urea groups is 1. The lowest BCUT2D eigenvalue weighted by Crippen LogP contribution is -2.53. The Hall–Kier alpha value is -3.14. The predicted molar refractivity (Wildman–Crippen MR) is 145 cm³/mol. The fourth-order valence-electron chi connectivity index (χ4n) is 4.65. The molecule has 1 aromatic carbocycles. The highest BCUT2D eigenvalue weighted by Gasteiger charge is 2.32. The molecule has 1 fully saturated rings. The molecule has 0 spiro atoms. The number of amides is 2. The van der Waals surface area contributed by atoms with Crippen LogP contribution in [0.1, 0.15) is 19.7 Å². The van der Waals surface area contributed by atoms with E-state index in [0.29, 0.717) is 31.9 Å². The molecule has 1 aliphatic heterocycles. The van der Waals surface area contributed by atoms with Gasteiger partial charge in [-0.15, -0.1) is 0 Å². The molecule has 1 aliphatic rings. The van der Waals surface area contributed by atoms with Gasteiger partial charge in [-0.05, 0) is 24.3 Å². The first-order chi connectivity index (χ1) is 17.7. The first kappa shape index (κ1) is 26.9. The summed E-state index contributed by atoms with van der Waals surface area (Å²) >= 11 is 6.05. The van der Waals surface area contributed by atoms with Crippen LogP contribution in [-0.4, -0.2) is 101 Å². The maximum Gasteiger partial charge on any atom is 0.319 e. The molecule has 0 bridgehead atoms. The van der Waals surface area contributed by atoms with Crippen molar-refractivity contribution in [1.82, 2.24) is 29.7 Å². The number of likely N-dealkylation sites (N-methyl/N-ethyl adjacent to an activating group) is 1. The number of hydrogen-bond donors (Lipinski definition) is 2. The summed E-state index contributed by atoms with van der Waals surface area (Å²) in [7, 11) is 3.55. The van der Waals surface area contributed by atoms with Gasteiger partial charge in [-0.1, -0.05) is 31.5 Å². The van der Waals surface area contributed by atoms with Crippen LogP contribution in [0.3, 0.4) is 0 Å². The third kappa shape index (κ3) is 6.23. The Morgan fingerprint density at radius 3 is 2.51 bits per heavy atom. The maximum absolute atomic E-state index is 13.2. The summed E-state index contributed by atoms with van der Waals surface area (Å²) in [4.78, 5) is 31.8. The van der Waals surface area contributed by atoms with Gasteiger partial charge in [0.15, 0.2) is 0 Å². The average Bonchev–Trinajstić information content (AvgIpc) is 3.36. The van der Waals surface area contributed by atoms with Crippen molar-refractivity contribution in [2.45, 2.75) is 19.3 Å². The van der Waals surface area contributed by atoms with Gasteiger partial charge in [0.1, 0.15) is 11.6 Å². The van der Waals surface area contributed by atoms with E-state index in [9.17, 15) is 9.90 Å². The number of hydrogen-bond acceptors (Lipinski definition) is 6. The summed E-state index contributed by atoms with van der Waals surface area (Å²) in [6.45, 7) is 9.28. The summed E-state index contributed by atoms with van der Waals surface area (Å²) in [5, 5.41) is 10.5. The number of phenolic OH excluding ortho intramolecular Hbond substituents is 1. The molecule has 0 aliphatic carbocycles. The van der Waals surface area contributed by atoms with Crippen LogP contribution in [0.15, 0.2) is 42.7 Å². The van der Waals surface area contributed by atoms with Gasteiger partial charge in [0.2, 0.25) is 0 Å². The zero-order chi connectivity index (χ0) is 26.6. The number of aromatic hydroxyl groups is 1. The Balaban J connectivity index is 1.54. The molecule has 0 radical (unpaired) electrons. The molecule has 3 aromatic rings. The molecule has 2 amide bonds. The van der Waals surface area contributed by atoms with Crippen LogP contribution < -0.4 is 0 Å². The van der Waals surface area contributed by atoms with Crippen molar-refractivity contribution in [2.75, 3.05) is 60.0 Å². The Morgan fingerprint density at radius 1 is 1.16 bits per heavy atom. The van der Waals surface area contributed by atoms with Crippen LogP contribution in [0.2, 0.25) is 5.02 Å². The zero-order valence-electron chi connectivity index (χ0n) is 21.9. The van der Waals surface area contributed by atoms with Gasteiger partial charge in [-0.25, -0.2) is 9.78 Å². The van der Waals surface area contributed by atoms with Gasteiger partial charge in [0.05, 0.1) is 23.0 Å². The Bertz CT molecular complexity index is 1210. The van der Waals surface area contributed by atoms with Crippen molar-refractivity contribution < 1.29 is 14.6 Å². The van der Waals surface area contributed by atoms with Crippen molar-refractivity contribution in [2.24, 2.45) is 0 Å². The molecule has 0 unspecified atom stereocenters. The predicted octanol–water partition coefficient (Wildman–Crippen LogP) is 4.09. The molecule has 0 atom stereocenters. The van der Waals surface area contributed by atoms with Gasteiger partial charge in [-0.3, -0.25) is 9.88 Å². The Morgan fingerprint density at radius 2 is 1.86 bits per heavy atom. The van der Waals surface area contributed by atoms with E-state index >= 15 is 0 Å². The minimum atomic E-state index is -0.473. The molecule has 4 rings (SSSR count). The molecule has 10 heteroatoms. The molecular weight excluding hydrogens is 492 g/mol. The van der Waals surface area contributed by atoms with Crippen molar-refractivity contribution in [3.8, 4) is 28.3 Å². The number of methoxy groups -OCH3 is 1. The largest absolute Gasteiger partial charge is 0.506 e. The molecule has 9 nitrogen and oxygen atoms in total. The molecule has 2 N–H and O–H groups in total. The highest BCUT2D eigenvalue weighted by atomic mass is 35.5. The number of benzene rings is 1. The Kier molecular flexibility index (Phi) is 8.36. The summed E-state index contributed by atoms with van der Waals surface area (Å²) < 4.78 is 5.17. The lowest BCUT2D eigenvalue weighted by atomic mass is 9.92. The smallest absolute Gasteiger partial charge is 0.319 e. The van der Waals surface area contributed by atoms with Crippen molar-refractivity contribution in [1.29, 1.82) is 0 Å². The second kappa shape index (κ2) is 11.5. The first-order valence-electron chi connectivity index (χ1n) is 12.4. The second-order valence-electron chi connectivity index (χ2n) is 10.1. The monoisotopic (exact) mass is 526 g/mol. The van der Waals surface area contributed by atoms with E-state index in [1.165, 1.54) is 0 Å². The standard InChI is InChI=1S/C27H35ClN6O3/c1-27(2,18-32(3)26(36)34-13-11-33(12-14-34)15-16-37-4)25-30-23(19-7-9-29-10-8-19)24(31-25)20-5-6-21(28)22(35)17-20/h5-10,17,35H,11-16,18H2,1-4H3,(H,30,31). The number of rotatable bonds is 8. The molecule has 3 heterocycles. The number of ether oxygens (including phenoxy) is 1. The van der Waals surface area contributed by atoms with E-state index in [1.807, 2.05) is 30.1 Å². The summed E-state index contributed by atoms with van der Waals surface area (Å²) in [6.07, 6.45) is 3.46. The topological polar surface area (TPSA) is 97.8 Å². The van der Waals surface area contributed by atoms with E-state index < -0.39 is 5.41 Å². The quantitative estimate of drug-likeness (QED) is 0.459. The lowest BCUT2D eigenvalue weighted by Gasteiger charge is -2.38. The number of imidazole rings is 1. The lowest BCUT2D eigenvalue weighted by molar-refractivity contribution is 0.0932. The van der Waals surface area contributed by atoms with E-state index in [0.717, 1.165) is 42.3 Å². The summed E-state index contributed by atoms with van der Waals surface area (Å²) in [6, 6.07) is 8.94. The molecule has 198 valence electrons. The van der Waals surface area contributed by atoms with Crippen LogP contribution in [0, 0.1) is 0 Å². The van der Waals surface area contributed by atoms with Crippen molar-refractivity contribution in [3.05, 3.63) is 53.6 Å². The number of carbonyl (C=O) groups excluding carboxylic acids is 1. The van der Waals surface area contributed by atoms with Gasteiger partial charge in [0.25, 0.3) is 0 Å². The first-order valence-corrected chi connectivity index (χ1v) is 12.8. The number of aromatic nitrogens is 3. The van der Waals surface area contributed by atoms with Crippen molar-refractivity contribution >= 4 is 17.6 Å². The third-order valence-electron chi connectivity index (χ3n) is 6.75. The summed E-state index contributed by atoms with van der Waals surface area (Å²) in [5.41, 5.74) is 2.70. The number of piperazine rings is 1. The normalized spacial score (nSPS) is 14.7. The van der Waals surface area contributed by atoms with E-state index in [4.69, 9.17) is 21.3 Å². The minimum absolute atomic E-state index is 0.00342. The van der Waals surface area contributed by atoms with Crippen molar-refractivity contribution in [3.63, 3.8) is 0 Å². The molecule has 37 heavy (non-hydrogen) atoms. The van der Waals surface area contributed by atoms with E-state index in [2.05, 4.69) is 28.7 Å². The average molecular weight is 527 g/mol. The van der Waals surface area contributed by atoms with Crippen LogP contribution in [0.4, 0.5) is 4.79 Å². The van der Waals surface area contributed by atoms with Gasteiger partial charge >= 0.3 is 6.03 Å². The van der Waals surface area contributed by atoms with Gasteiger partial charge in [-0.2, -0.15) is 0 Å². The number of aromatic amines is 1. The zero-order valence-corrected chi connectivity index (χ0v) is 22.6. The molecule has 2 aromatic heterocycles. The highest BCUT2D eigenvalue weighted by molar-refractivity contribution is 6.32. The number of halogens is 1. The third-order valence-corrected chi connectivity index (χ3v) is 7.07. The van der Waals surface area contributed by atoms with Crippen LogP contribution >= 0.6 is 11.6 Å². The van der Waals surface area contributed by atoms with Gasteiger partial charge < -0.3 is 24.6 Å². The van der Waals surface area contributed by atoms with Gasteiger partial charge in [0, 0.05) is 82.4 Å². The number of nitrogens with one attached hydrogen (secondary N) is 1. The van der Waals surface area contributed by atoms with E-state index in [-0.39, 0.29) is 16.8 Å². The van der Waals surface area contributed by atoms with E-state index in [1.54, 1.807) is 36.5 Å². The highest BCUT2D eigenvalue weighted by Crippen LogP contribution is 2.36. The Labute approximate surface area is 223 Å². The number of pyridine rings is 1. The number of phenols is 1. The molecular formula is C27H35ClN6O3. The SMILES string of the molecule is COCCN1CCN(C(=O)N(C)CC(C)(C)c2nc(-c3ccc(Cl)c(O)c3)c(-c3ccncc3)[nH]2)CC1.